The summed E-state index contributed by atoms with van der Waals surface area (Å²) in [7, 11) is 0. The number of halogens is 6. The van der Waals surface area contributed by atoms with Gasteiger partial charge in [0.1, 0.15) is 51.9 Å². The van der Waals surface area contributed by atoms with Crippen LogP contribution in [0.4, 0.5) is 57.2 Å². The van der Waals surface area contributed by atoms with Crippen molar-refractivity contribution in [3.63, 3.8) is 0 Å². The van der Waals surface area contributed by atoms with E-state index in [1.165, 1.54) is 4.68 Å². The number of alkyl halides is 6. The normalized spacial score (nSPS) is 14.2. The average Bonchev–Trinajstić information content (AvgIpc) is 3.88. The summed E-state index contributed by atoms with van der Waals surface area (Å²) in [6.07, 6.45) is -7.82. The minimum Gasteiger partial charge on any atom is -0.443 e. The molecule has 6 aromatic rings. The number of rotatable bonds is 7. The van der Waals surface area contributed by atoms with E-state index in [2.05, 4.69) is 45.2 Å². The maximum atomic E-state index is 13.4. The van der Waals surface area contributed by atoms with Gasteiger partial charge in [0.2, 0.25) is 11.8 Å². The number of carbonyl (C=O) groups is 5. The van der Waals surface area contributed by atoms with E-state index in [9.17, 15) is 50.3 Å². The quantitative estimate of drug-likeness (QED) is 0.115. The molecule has 0 aliphatic heterocycles. The fraction of sp³-hybridized carbons (Fsp3) is 0.500. The highest BCUT2D eigenvalue weighted by molar-refractivity contribution is 6.15. The zero-order valence-electron chi connectivity index (χ0n) is 43.7. The van der Waals surface area contributed by atoms with Crippen molar-refractivity contribution < 1.29 is 78.7 Å². The van der Waals surface area contributed by atoms with Crippen molar-refractivity contribution in [1.82, 2.24) is 49.9 Å². The molecule has 6 heterocycles. The van der Waals surface area contributed by atoms with Gasteiger partial charge in [-0.25, -0.2) is 53.8 Å². The number of Topliss-reactive ketones (excluding diaryl/α,β-unsaturated/α-hetero) is 1. The molecule has 79 heavy (non-hydrogen) atoms. The molecule has 7 rings (SSSR count). The summed E-state index contributed by atoms with van der Waals surface area (Å²) in [5.41, 5.74) is -6.05. The van der Waals surface area contributed by atoms with Crippen molar-refractivity contribution >= 4 is 63.9 Å². The number of nitrogens with zero attached hydrogens (tertiary/aromatic N) is 11. The largest absolute Gasteiger partial charge is 0.443 e. The third-order valence-corrected chi connectivity index (χ3v) is 9.81. The van der Waals surface area contributed by atoms with Crippen molar-refractivity contribution in [3.8, 4) is 23.5 Å². The molecule has 0 bridgehead atoms. The van der Waals surface area contributed by atoms with Crippen LogP contribution in [-0.2, 0) is 36.1 Å². The molecule has 0 aromatic carbocycles. The predicted molar refractivity (Wildman–Crippen MR) is 272 cm³/mol. The first kappa shape index (κ1) is 63.3. The van der Waals surface area contributed by atoms with Gasteiger partial charge in [0, 0.05) is 30.9 Å². The van der Waals surface area contributed by atoms with E-state index in [1.54, 1.807) is 83.1 Å². The molecular weight excluding hydrogens is 1060 g/mol. The summed E-state index contributed by atoms with van der Waals surface area (Å²) in [5.74, 6) is -2.48. The summed E-state index contributed by atoms with van der Waals surface area (Å²) >= 11 is 0. The first-order valence-corrected chi connectivity index (χ1v) is 23.4. The third kappa shape index (κ3) is 16.4. The lowest BCUT2D eigenvalue weighted by Gasteiger charge is -2.28. The van der Waals surface area contributed by atoms with Crippen LogP contribution in [0.2, 0.25) is 0 Å². The van der Waals surface area contributed by atoms with Gasteiger partial charge in [0.25, 0.3) is 11.8 Å². The van der Waals surface area contributed by atoms with E-state index in [0.29, 0.717) is 41.2 Å². The van der Waals surface area contributed by atoms with E-state index >= 15 is 0 Å². The van der Waals surface area contributed by atoms with E-state index in [-0.39, 0.29) is 72.5 Å². The zero-order valence-corrected chi connectivity index (χ0v) is 43.7. The Morgan fingerprint density at radius 1 is 0.582 bits per heavy atom. The number of aromatic amines is 1. The molecule has 1 aliphatic carbocycles. The molecule has 23 nitrogen and oxygen atoms in total. The van der Waals surface area contributed by atoms with Gasteiger partial charge in [-0.3, -0.25) is 9.89 Å². The average molecular weight is 1120 g/mol. The van der Waals surface area contributed by atoms with Crippen molar-refractivity contribution in [2.45, 2.75) is 164 Å². The Labute approximate surface area is 449 Å². The Bertz CT molecular complexity index is 3120. The van der Waals surface area contributed by atoms with Crippen molar-refractivity contribution in [2.75, 3.05) is 9.80 Å². The first-order chi connectivity index (χ1) is 35.5. The number of aromatic nitrogens is 10. The Morgan fingerprint density at radius 3 is 1.42 bits per heavy atom. The van der Waals surface area contributed by atoms with Crippen molar-refractivity contribution in [1.29, 1.82) is 0 Å². The number of nitrogens with one attached hydrogen (secondary N) is 1. The van der Waals surface area contributed by atoms with Gasteiger partial charge in [-0.05, 0) is 108 Å². The highest BCUT2D eigenvalue weighted by Gasteiger charge is 2.40. The molecule has 29 heteroatoms. The Balaban J connectivity index is 0.000000337. The summed E-state index contributed by atoms with van der Waals surface area (Å²) < 4.78 is 113. The van der Waals surface area contributed by atoms with E-state index < -0.39 is 88.1 Å². The number of carbonyl (C=O) groups excluding carboxylic acids is 5. The minimum absolute atomic E-state index is 0. The SMILES string of the molecule is C.C.CC(C)(C)OC(=O)N(C(=O)OC(C)(C)C)c1ncnc2[nH]nc(Oc3cc(C(F)(F)F)ccn3)c12.CC(C)(C)OC(=O)N(C(=O)OC(C)(C)C)c1ncnc2c1c(Oc1cc(C(F)(F)F)ccn1)nn2C1CCCCC1=O. The lowest BCUT2D eigenvalue weighted by atomic mass is 9.94. The molecule has 430 valence electrons. The van der Waals surface area contributed by atoms with Crippen LogP contribution in [0.25, 0.3) is 22.1 Å². The first-order valence-electron chi connectivity index (χ1n) is 23.4. The standard InChI is InChI=1S/C27H31F3N6O6.C21H23F3N6O5.2CH4/c1-25(2,3)41-23(38)35(24(39)42-26(4,5)6)20-19-21(33-14-32-20)36(16-9-7-8-10-17(16)37)34-22(19)40-18-13-15(11-12-31-18)27(28,29)30;1-19(2,3)34-17(31)30(18(32)35-20(4,5)6)15-13-14(26-10-27-15)28-29-16(13)33-12-9-11(7-8-25-12)21(22,23)24;;/h11-14,16H,7-10H2,1-6H3;7-10H,1-6H3,(H,26,27,28,29);2*1H4. The molecule has 0 radical (unpaired) electrons. The molecule has 1 fully saturated rings. The van der Waals surface area contributed by atoms with Gasteiger partial charge in [-0.2, -0.15) is 36.1 Å². The van der Waals surface area contributed by atoms with Gasteiger partial charge < -0.3 is 28.4 Å². The number of fused-ring (bicyclic) bond motifs is 2. The summed E-state index contributed by atoms with van der Waals surface area (Å²) in [5, 5.41) is 10.5. The topological polar surface area (TPSA) is 271 Å². The molecule has 0 saturated heterocycles. The van der Waals surface area contributed by atoms with E-state index in [4.69, 9.17) is 28.4 Å². The number of imide groups is 2. The smallest absolute Gasteiger partial charge is 0.425 e. The van der Waals surface area contributed by atoms with Gasteiger partial charge in [0.05, 0.1) is 11.1 Å². The summed E-state index contributed by atoms with van der Waals surface area (Å²) in [6.45, 7) is 19.1. The van der Waals surface area contributed by atoms with Crippen LogP contribution in [0.5, 0.6) is 23.5 Å². The number of H-pyrrole nitrogens is 1. The zero-order chi connectivity index (χ0) is 57.2. The second kappa shape index (κ2) is 23.8. The molecule has 4 amide bonds. The van der Waals surface area contributed by atoms with Crippen LogP contribution in [0.1, 0.15) is 141 Å². The fourth-order valence-electron chi connectivity index (χ4n) is 6.88. The number of ketones is 1. The molecular formula is C50H62F6N12O11. The number of anilines is 2. The van der Waals surface area contributed by atoms with Crippen LogP contribution >= 0.6 is 0 Å². The Hall–Kier alpha value is -8.27. The Morgan fingerprint density at radius 2 is 1.00 bits per heavy atom. The predicted octanol–water partition coefficient (Wildman–Crippen LogP) is 12.9. The second-order valence-corrected chi connectivity index (χ2v) is 20.9. The van der Waals surface area contributed by atoms with Crippen LogP contribution in [0.15, 0.2) is 49.3 Å². The Kier molecular flexibility index (Phi) is 19.0. The second-order valence-electron chi connectivity index (χ2n) is 20.9. The number of hydrogen-bond donors (Lipinski definition) is 1. The third-order valence-electron chi connectivity index (χ3n) is 9.81. The number of amides is 4. The van der Waals surface area contributed by atoms with Gasteiger partial charge in [-0.15, -0.1) is 10.2 Å². The van der Waals surface area contributed by atoms with Crippen molar-refractivity contribution in [3.05, 3.63) is 60.4 Å². The molecule has 1 unspecified atom stereocenters. The monoisotopic (exact) mass is 1120 g/mol. The van der Waals surface area contributed by atoms with Gasteiger partial charge in [-0.1, -0.05) is 21.3 Å². The highest BCUT2D eigenvalue weighted by Crippen LogP contribution is 2.40. The number of pyridine rings is 2. The van der Waals surface area contributed by atoms with E-state index in [0.717, 1.165) is 37.2 Å². The molecule has 1 aliphatic rings. The lowest BCUT2D eigenvalue weighted by Crippen LogP contribution is -2.44. The molecule has 1 N–H and O–H groups in total. The number of hydrogen-bond acceptors (Lipinski definition) is 19. The van der Waals surface area contributed by atoms with Gasteiger partial charge >= 0.3 is 36.7 Å². The maximum Gasteiger partial charge on any atom is 0.425 e. The van der Waals surface area contributed by atoms with Crippen LogP contribution in [0.3, 0.4) is 0 Å². The molecule has 6 aromatic heterocycles. The van der Waals surface area contributed by atoms with Crippen molar-refractivity contribution in [2.24, 2.45) is 0 Å². The maximum absolute atomic E-state index is 13.4. The van der Waals surface area contributed by atoms with Crippen LogP contribution < -0.4 is 19.3 Å². The fourth-order valence-corrected chi connectivity index (χ4v) is 6.88. The number of ether oxygens (including phenoxy) is 6. The van der Waals surface area contributed by atoms with Crippen LogP contribution in [0, 0.1) is 0 Å². The molecule has 1 saturated carbocycles. The van der Waals surface area contributed by atoms with E-state index in [1.807, 2.05) is 0 Å². The summed E-state index contributed by atoms with van der Waals surface area (Å²) in [6, 6.07) is 2.11. The van der Waals surface area contributed by atoms with Crippen LogP contribution in [-0.4, -0.2) is 102 Å². The lowest BCUT2D eigenvalue weighted by molar-refractivity contribution is -0.138. The molecule has 1 atom stereocenters. The molecule has 0 spiro atoms. The highest BCUT2D eigenvalue weighted by atomic mass is 19.4. The summed E-state index contributed by atoms with van der Waals surface area (Å²) in [4.78, 5) is 90.7. The minimum atomic E-state index is -4.69. The van der Waals surface area contributed by atoms with Gasteiger partial charge in [0.15, 0.2) is 28.7 Å².